The summed E-state index contributed by atoms with van der Waals surface area (Å²) in [5.74, 6) is -0.360. The Labute approximate surface area is 93.8 Å². The molecule has 2 bridgehead atoms. The van der Waals surface area contributed by atoms with E-state index < -0.39 is 6.03 Å². The van der Waals surface area contributed by atoms with Crippen LogP contribution in [-0.2, 0) is 4.79 Å². The van der Waals surface area contributed by atoms with E-state index in [2.05, 4.69) is 10.2 Å². The van der Waals surface area contributed by atoms with Gasteiger partial charge in [0.1, 0.15) is 0 Å². The fourth-order valence-electron chi connectivity index (χ4n) is 2.85. The first kappa shape index (κ1) is 11.3. The summed E-state index contributed by atoms with van der Waals surface area (Å²) in [4.78, 5) is 24.0. The molecule has 0 radical (unpaired) electrons. The Morgan fingerprint density at radius 2 is 1.88 bits per heavy atom. The largest absolute Gasteiger partial charge is 0.393 e. The Morgan fingerprint density at radius 3 is 2.38 bits per heavy atom. The Morgan fingerprint density at radius 1 is 1.31 bits per heavy atom. The molecule has 3 amide bonds. The average Bonchev–Trinajstić information content (AvgIpc) is 2.43. The molecule has 0 aromatic heterocycles. The summed E-state index contributed by atoms with van der Waals surface area (Å²) in [5, 5.41) is 11.7. The lowest BCUT2D eigenvalue weighted by Gasteiger charge is -2.36. The number of hydrogen-bond acceptors (Lipinski definition) is 4. The maximum atomic E-state index is 11.4. The minimum atomic E-state index is -0.811. The molecule has 6 heteroatoms. The summed E-state index contributed by atoms with van der Waals surface area (Å²) in [5.41, 5.74) is 4.88. The lowest BCUT2D eigenvalue weighted by atomic mass is 10.00. The Kier molecular flexibility index (Phi) is 3.11. The molecule has 16 heavy (non-hydrogen) atoms. The van der Waals surface area contributed by atoms with Gasteiger partial charge in [-0.3, -0.25) is 15.0 Å². The van der Waals surface area contributed by atoms with Crippen molar-refractivity contribution in [2.45, 2.75) is 43.9 Å². The molecule has 2 aliphatic rings. The van der Waals surface area contributed by atoms with Crippen LogP contribution in [0.3, 0.4) is 0 Å². The molecule has 0 aromatic rings. The molecule has 2 fully saturated rings. The quantitative estimate of drug-likeness (QED) is 0.573. The van der Waals surface area contributed by atoms with Gasteiger partial charge in [-0.2, -0.15) is 0 Å². The summed E-state index contributed by atoms with van der Waals surface area (Å²) in [7, 11) is 0. The fourth-order valence-corrected chi connectivity index (χ4v) is 2.85. The molecule has 0 spiro atoms. The van der Waals surface area contributed by atoms with Gasteiger partial charge in [-0.15, -0.1) is 0 Å². The standard InChI is InChI=1S/C10H17N3O3/c11-10(16)12-9(15)5-13-6-1-2-7(13)4-8(14)3-6/h6-8,14H,1-5H2,(H3,11,12,15,16). The second-order valence-corrected chi connectivity index (χ2v) is 4.59. The van der Waals surface area contributed by atoms with E-state index in [1.807, 2.05) is 0 Å². The van der Waals surface area contributed by atoms with Crippen LogP contribution in [0.25, 0.3) is 0 Å². The van der Waals surface area contributed by atoms with Gasteiger partial charge in [-0.1, -0.05) is 0 Å². The topological polar surface area (TPSA) is 95.7 Å². The summed E-state index contributed by atoms with van der Waals surface area (Å²) in [6, 6.07) is -0.269. The first-order valence-electron chi connectivity index (χ1n) is 5.59. The maximum Gasteiger partial charge on any atom is 0.318 e. The third kappa shape index (κ3) is 2.33. The van der Waals surface area contributed by atoms with E-state index in [0.29, 0.717) is 0 Å². The molecule has 6 nitrogen and oxygen atoms in total. The number of hydrogen-bond donors (Lipinski definition) is 3. The highest BCUT2D eigenvalue weighted by molar-refractivity contribution is 5.94. The molecule has 2 heterocycles. The number of carbonyl (C=O) groups is 2. The molecular weight excluding hydrogens is 210 g/mol. The molecule has 0 aromatic carbocycles. The zero-order valence-corrected chi connectivity index (χ0v) is 9.06. The summed E-state index contributed by atoms with van der Waals surface area (Å²) >= 11 is 0. The van der Waals surface area contributed by atoms with Crippen molar-refractivity contribution in [3.05, 3.63) is 0 Å². The van der Waals surface area contributed by atoms with Crippen molar-refractivity contribution in [1.82, 2.24) is 10.2 Å². The molecule has 2 atom stereocenters. The molecule has 2 saturated heterocycles. The number of imide groups is 1. The van der Waals surface area contributed by atoms with Gasteiger partial charge in [0, 0.05) is 12.1 Å². The van der Waals surface area contributed by atoms with Crippen LogP contribution in [0.1, 0.15) is 25.7 Å². The molecule has 2 unspecified atom stereocenters. The zero-order valence-electron chi connectivity index (χ0n) is 9.06. The number of urea groups is 1. The van der Waals surface area contributed by atoms with Crippen molar-refractivity contribution >= 4 is 11.9 Å². The van der Waals surface area contributed by atoms with Crippen LogP contribution in [0.15, 0.2) is 0 Å². The lowest BCUT2D eigenvalue weighted by molar-refractivity contribution is -0.122. The number of nitrogens with one attached hydrogen (secondary N) is 1. The van der Waals surface area contributed by atoms with Gasteiger partial charge in [0.2, 0.25) is 5.91 Å². The normalized spacial score (nSPS) is 33.7. The van der Waals surface area contributed by atoms with Gasteiger partial charge in [0.05, 0.1) is 12.6 Å². The number of aliphatic hydroxyl groups excluding tert-OH is 1. The Bertz CT molecular complexity index is 294. The van der Waals surface area contributed by atoms with E-state index in [4.69, 9.17) is 5.73 Å². The van der Waals surface area contributed by atoms with Gasteiger partial charge < -0.3 is 10.8 Å². The third-order valence-electron chi connectivity index (χ3n) is 3.45. The number of nitrogens with two attached hydrogens (primary N) is 1. The predicted molar refractivity (Wildman–Crippen MR) is 56.5 cm³/mol. The van der Waals surface area contributed by atoms with Crippen LogP contribution < -0.4 is 11.1 Å². The number of nitrogens with zero attached hydrogens (tertiary/aromatic N) is 1. The van der Waals surface area contributed by atoms with Gasteiger partial charge in [-0.25, -0.2) is 4.79 Å². The van der Waals surface area contributed by atoms with Crippen LogP contribution in [0.5, 0.6) is 0 Å². The first-order chi connectivity index (χ1) is 7.56. The summed E-state index contributed by atoms with van der Waals surface area (Å²) in [6.45, 7) is 0.199. The number of aliphatic hydroxyl groups is 1. The van der Waals surface area contributed by atoms with Crippen molar-refractivity contribution in [1.29, 1.82) is 0 Å². The number of fused-ring (bicyclic) bond motifs is 2. The SMILES string of the molecule is NC(=O)NC(=O)CN1C2CCC1CC(O)C2. The number of piperidine rings is 1. The van der Waals surface area contributed by atoms with Crippen LogP contribution in [-0.4, -0.2) is 46.7 Å². The lowest BCUT2D eigenvalue weighted by Crippen LogP contribution is -2.50. The second kappa shape index (κ2) is 4.39. The zero-order chi connectivity index (χ0) is 11.7. The van der Waals surface area contributed by atoms with Crippen LogP contribution in [0.2, 0.25) is 0 Å². The molecular formula is C10H17N3O3. The van der Waals surface area contributed by atoms with Gasteiger partial charge in [0.25, 0.3) is 0 Å². The smallest absolute Gasteiger partial charge is 0.318 e. The van der Waals surface area contributed by atoms with Crippen molar-refractivity contribution < 1.29 is 14.7 Å². The average molecular weight is 227 g/mol. The van der Waals surface area contributed by atoms with Crippen molar-refractivity contribution in [2.24, 2.45) is 5.73 Å². The minimum absolute atomic E-state index is 0.199. The number of amides is 3. The van der Waals surface area contributed by atoms with E-state index in [0.717, 1.165) is 25.7 Å². The highest BCUT2D eigenvalue weighted by atomic mass is 16.3. The molecule has 0 saturated carbocycles. The van der Waals surface area contributed by atoms with Crippen molar-refractivity contribution in [3.63, 3.8) is 0 Å². The molecule has 2 rings (SSSR count). The number of rotatable bonds is 2. The van der Waals surface area contributed by atoms with E-state index in [-0.39, 0.29) is 30.6 Å². The predicted octanol–water partition coefficient (Wildman–Crippen LogP) is -0.831. The first-order valence-corrected chi connectivity index (χ1v) is 5.59. The van der Waals surface area contributed by atoms with E-state index in [9.17, 15) is 14.7 Å². The van der Waals surface area contributed by atoms with Crippen molar-refractivity contribution in [2.75, 3.05) is 6.54 Å². The number of carbonyl (C=O) groups excluding carboxylic acids is 2. The highest BCUT2D eigenvalue weighted by Gasteiger charge is 2.40. The molecule has 90 valence electrons. The van der Waals surface area contributed by atoms with Crippen LogP contribution in [0, 0.1) is 0 Å². The summed E-state index contributed by atoms with van der Waals surface area (Å²) < 4.78 is 0. The van der Waals surface area contributed by atoms with Gasteiger partial charge in [0.15, 0.2) is 0 Å². The van der Waals surface area contributed by atoms with Crippen molar-refractivity contribution in [3.8, 4) is 0 Å². The molecule has 2 aliphatic heterocycles. The monoisotopic (exact) mass is 227 g/mol. The maximum absolute atomic E-state index is 11.4. The van der Waals surface area contributed by atoms with E-state index in [1.165, 1.54) is 0 Å². The minimum Gasteiger partial charge on any atom is -0.393 e. The number of primary amides is 1. The van der Waals surface area contributed by atoms with Crippen LogP contribution in [0.4, 0.5) is 4.79 Å². The van der Waals surface area contributed by atoms with Gasteiger partial charge in [-0.05, 0) is 25.7 Å². The third-order valence-corrected chi connectivity index (χ3v) is 3.45. The highest BCUT2D eigenvalue weighted by Crippen LogP contribution is 2.35. The second-order valence-electron chi connectivity index (χ2n) is 4.59. The van der Waals surface area contributed by atoms with Gasteiger partial charge >= 0.3 is 6.03 Å². The fraction of sp³-hybridized carbons (Fsp3) is 0.800. The molecule has 4 N–H and O–H groups in total. The molecule has 0 aliphatic carbocycles. The summed E-state index contributed by atoms with van der Waals surface area (Å²) in [6.07, 6.45) is 3.24. The Balaban J connectivity index is 1.91. The van der Waals surface area contributed by atoms with E-state index >= 15 is 0 Å². The van der Waals surface area contributed by atoms with E-state index in [1.54, 1.807) is 0 Å². The van der Waals surface area contributed by atoms with Crippen LogP contribution >= 0.6 is 0 Å². The Hall–Kier alpha value is -1.14.